The molecule has 0 saturated heterocycles. The largest absolute Gasteiger partial charge is 0.392 e. The number of hydrogen-bond acceptors (Lipinski definition) is 3. The van der Waals surface area contributed by atoms with Gasteiger partial charge in [0, 0.05) is 18.2 Å². The van der Waals surface area contributed by atoms with E-state index in [9.17, 15) is 5.11 Å². The Morgan fingerprint density at radius 2 is 1.81 bits per heavy atom. The van der Waals surface area contributed by atoms with Crippen molar-refractivity contribution in [1.82, 2.24) is 4.90 Å². The number of fused-ring (bicyclic) bond motifs is 5. The predicted molar refractivity (Wildman–Crippen MR) is 152 cm³/mol. The highest BCUT2D eigenvalue weighted by Gasteiger charge is 2.44. The van der Waals surface area contributed by atoms with E-state index in [4.69, 9.17) is 4.74 Å². The Balaban J connectivity index is 1.77. The van der Waals surface area contributed by atoms with Gasteiger partial charge in [0.25, 0.3) is 0 Å². The van der Waals surface area contributed by atoms with E-state index in [1.54, 1.807) is 0 Å². The topological polar surface area (TPSA) is 32.7 Å². The molecule has 196 valence electrons. The first-order valence-corrected chi connectivity index (χ1v) is 13.6. The molecule has 3 aliphatic rings. The zero-order valence-electron chi connectivity index (χ0n) is 24.1. The standard InChI is InChI=1S/C33H47NO2/c1-21-17-22(2)30-25(18-21)27-15-14-24-13-11-12-16-33(24,10)34(27)20-26(30)23(3)36-29(32(7,8)9)19-28(35)31(4,5)6/h11-15,17-18,20,23,27-29,35H,16,19H2,1-10H3/t23-,27?,28?,29?,33?/m0/s1. The first kappa shape index (κ1) is 26.9. The van der Waals surface area contributed by atoms with E-state index in [0.717, 1.165) is 6.42 Å². The predicted octanol–water partition coefficient (Wildman–Crippen LogP) is 7.83. The number of ether oxygens (including phenoxy) is 1. The quantitative estimate of drug-likeness (QED) is 0.457. The molecule has 0 radical (unpaired) electrons. The minimum absolute atomic E-state index is 0.0699. The van der Waals surface area contributed by atoms with Crippen molar-refractivity contribution in [3.8, 4) is 0 Å². The molecule has 1 aromatic carbocycles. The molecule has 0 bridgehead atoms. The number of benzene rings is 1. The molecule has 4 unspecified atom stereocenters. The number of aryl methyl sites for hydroxylation is 2. The Bertz CT molecular complexity index is 1120. The molecule has 3 heteroatoms. The van der Waals surface area contributed by atoms with Crippen LogP contribution in [-0.4, -0.2) is 33.9 Å². The number of aliphatic hydroxyl groups excluding tert-OH is 1. The lowest BCUT2D eigenvalue weighted by Crippen LogP contribution is -2.50. The summed E-state index contributed by atoms with van der Waals surface area (Å²) in [6, 6.07) is 4.87. The highest BCUT2D eigenvalue weighted by atomic mass is 16.5. The molecule has 4 rings (SSSR count). The van der Waals surface area contributed by atoms with Crippen molar-refractivity contribution >= 4 is 5.57 Å². The van der Waals surface area contributed by atoms with Gasteiger partial charge in [-0.15, -0.1) is 0 Å². The van der Waals surface area contributed by atoms with E-state index < -0.39 is 6.10 Å². The second kappa shape index (κ2) is 9.33. The SMILES string of the molecule is Cc1cc(C)c2c(c1)C1C=CC3=CC=CCC3(C)N1C=C2[C@H](C)OC(CC(O)C(C)(C)C)C(C)(C)C. The van der Waals surface area contributed by atoms with Crippen LogP contribution >= 0.6 is 0 Å². The third-order valence-electron chi connectivity index (χ3n) is 8.48. The van der Waals surface area contributed by atoms with Crippen LogP contribution in [0.15, 0.2) is 54.3 Å². The van der Waals surface area contributed by atoms with Gasteiger partial charge in [0.15, 0.2) is 0 Å². The Labute approximate surface area is 219 Å². The van der Waals surface area contributed by atoms with E-state index in [2.05, 4.69) is 123 Å². The highest BCUT2D eigenvalue weighted by molar-refractivity contribution is 5.77. The summed E-state index contributed by atoms with van der Waals surface area (Å²) >= 11 is 0. The van der Waals surface area contributed by atoms with Crippen LogP contribution in [0, 0.1) is 24.7 Å². The first-order chi connectivity index (χ1) is 16.6. The summed E-state index contributed by atoms with van der Waals surface area (Å²) in [6.07, 6.45) is 14.8. The summed E-state index contributed by atoms with van der Waals surface area (Å²) in [6.45, 7) is 21.9. The van der Waals surface area contributed by atoms with Crippen LogP contribution in [0.3, 0.4) is 0 Å². The molecule has 1 aromatic rings. The van der Waals surface area contributed by atoms with Gasteiger partial charge in [0.1, 0.15) is 0 Å². The normalized spacial score (nSPS) is 25.9. The van der Waals surface area contributed by atoms with E-state index in [0.29, 0.717) is 6.42 Å². The minimum atomic E-state index is -0.428. The van der Waals surface area contributed by atoms with Crippen LogP contribution in [0.25, 0.3) is 5.57 Å². The summed E-state index contributed by atoms with van der Waals surface area (Å²) in [7, 11) is 0. The van der Waals surface area contributed by atoms with E-state index >= 15 is 0 Å². The third kappa shape index (κ3) is 4.89. The van der Waals surface area contributed by atoms with Crippen LogP contribution in [0.4, 0.5) is 0 Å². The molecular formula is C33H47NO2. The Hall–Kier alpha value is -2.10. The second-order valence-electron chi connectivity index (χ2n) is 13.6. The number of rotatable bonds is 5. The maximum atomic E-state index is 11.0. The fourth-order valence-corrected chi connectivity index (χ4v) is 5.97. The van der Waals surface area contributed by atoms with Gasteiger partial charge in [-0.05, 0) is 67.2 Å². The van der Waals surface area contributed by atoms with Gasteiger partial charge in [-0.3, -0.25) is 0 Å². The fraction of sp³-hybridized carbons (Fsp3) is 0.576. The summed E-state index contributed by atoms with van der Waals surface area (Å²) in [4.78, 5) is 2.56. The molecule has 0 fully saturated rings. The molecule has 1 aliphatic carbocycles. The van der Waals surface area contributed by atoms with Crippen molar-refractivity contribution in [1.29, 1.82) is 0 Å². The summed E-state index contributed by atoms with van der Waals surface area (Å²) in [5.74, 6) is 0. The second-order valence-corrected chi connectivity index (χ2v) is 13.6. The van der Waals surface area contributed by atoms with Crippen molar-refractivity contribution in [2.45, 2.75) is 112 Å². The summed E-state index contributed by atoms with van der Waals surface area (Å²) in [5.41, 5.74) is 7.54. The number of allylic oxidation sites excluding steroid dienone is 2. The summed E-state index contributed by atoms with van der Waals surface area (Å²) < 4.78 is 6.91. The van der Waals surface area contributed by atoms with Crippen molar-refractivity contribution in [3.05, 3.63) is 76.5 Å². The molecule has 5 atom stereocenters. The molecule has 3 nitrogen and oxygen atoms in total. The van der Waals surface area contributed by atoms with E-state index in [-0.39, 0.29) is 34.6 Å². The molecular weight excluding hydrogens is 442 g/mol. The van der Waals surface area contributed by atoms with Gasteiger partial charge in [0.2, 0.25) is 0 Å². The van der Waals surface area contributed by atoms with Gasteiger partial charge in [0.05, 0.1) is 29.9 Å². The zero-order chi connectivity index (χ0) is 26.6. The van der Waals surface area contributed by atoms with Crippen molar-refractivity contribution in [3.63, 3.8) is 0 Å². The van der Waals surface area contributed by atoms with Gasteiger partial charge in [-0.1, -0.05) is 89.6 Å². The lowest BCUT2D eigenvalue weighted by atomic mass is 9.74. The van der Waals surface area contributed by atoms with Crippen LogP contribution in [0.2, 0.25) is 0 Å². The van der Waals surface area contributed by atoms with E-state index in [1.165, 1.54) is 33.4 Å². The molecule has 36 heavy (non-hydrogen) atoms. The molecule has 0 saturated carbocycles. The highest BCUT2D eigenvalue weighted by Crippen LogP contribution is 2.49. The Morgan fingerprint density at radius 3 is 2.44 bits per heavy atom. The van der Waals surface area contributed by atoms with Gasteiger partial charge >= 0.3 is 0 Å². The van der Waals surface area contributed by atoms with E-state index in [1.807, 2.05) is 0 Å². The Morgan fingerprint density at radius 1 is 1.11 bits per heavy atom. The fourth-order valence-electron chi connectivity index (χ4n) is 5.97. The van der Waals surface area contributed by atoms with Crippen molar-refractivity contribution in [2.75, 3.05) is 0 Å². The average molecular weight is 490 g/mol. The lowest BCUT2D eigenvalue weighted by molar-refractivity contribution is -0.0787. The smallest absolute Gasteiger partial charge is 0.0820 e. The first-order valence-electron chi connectivity index (χ1n) is 13.6. The molecule has 0 amide bonds. The minimum Gasteiger partial charge on any atom is -0.392 e. The van der Waals surface area contributed by atoms with Gasteiger partial charge < -0.3 is 14.7 Å². The molecule has 0 aromatic heterocycles. The monoisotopic (exact) mass is 489 g/mol. The third-order valence-corrected chi connectivity index (χ3v) is 8.48. The molecule has 1 N–H and O–H groups in total. The van der Waals surface area contributed by atoms with Crippen LogP contribution in [-0.2, 0) is 4.74 Å². The lowest BCUT2D eigenvalue weighted by Gasteiger charge is -2.52. The molecule has 2 aliphatic heterocycles. The number of nitrogens with zero attached hydrogens (tertiary/aromatic N) is 1. The molecule has 0 spiro atoms. The number of aliphatic hydroxyl groups is 1. The number of hydrogen-bond donors (Lipinski definition) is 1. The van der Waals surface area contributed by atoms with Crippen molar-refractivity contribution in [2.24, 2.45) is 10.8 Å². The van der Waals surface area contributed by atoms with Crippen LogP contribution < -0.4 is 0 Å². The van der Waals surface area contributed by atoms with Crippen LogP contribution in [0.1, 0.15) is 96.5 Å². The maximum absolute atomic E-state index is 11.0. The zero-order valence-corrected chi connectivity index (χ0v) is 24.1. The Kier molecular flexibility index (Phi) is 6.98. The maximum Gasteiger partial charge on any atom is 0.0820 e. The average Bonchev–Trinajstić information content (AvgIpc) is 2.76. The van der Waals surface area contributed by atoms with Crippen molar-refractivity contribution < 1.29 is 9.84 Å². The van der Waals surface area contributed by atoms with Crippen LogP contribution in [0.5, 0.6) is 0 Å². The van der Waals surface area contributed by atoms with Gasteiger partial charge in [-0.2, -0.15) is 0 Å². The molecule has 2 heterocycles. The van der Waals surface area contributed by atoms with Gasteiger partial charge in [-0.25, -0.2) is 0 Å². The summed E-state index contributed by atoms with van der Waals surface area (Å²) in [5, 5.41) is 11.0.